The van der Waals surface area contributed by atoms with Gasteiger partial charge in [-0.1, -0.05) is 6.07 Å². The van der Waals surface area contributed by atoms with Gasteiger partial charge in [-0.3, -0.25) is 4.98 Å². The van der Waals surface area contributed by atoms with Crippen molar-refractivity contribution in [3.63, 3.8) is 0 Å². The maximum Gasteiger partial charge on any atom is 0.490 e. The highest BCUT2D eigenvalue weighted by atomic mass is 32.2. The molecule has 0 amide bonds. The normalized spacial score (nSPS) is 24.8. The molecule has 9 nitrogen and oxygen atoms in total. The summed E-state index contributed by atoms with van der Waals surface area (Å²) >= 11 is 0. The number of carboxylic acid groups (broad SMARTS) is 1. The topological polar surface area (TPSA) is 109 Å². The van der Waals surface area contributed by atoms with Crippen molar-refractivity contribution in [2.24, 2.45) is 0 Å². The van der Waals surface area contributed by atoms with Crippen molar-refractivity contribution >= 4 is 16.2 Å². The Morgan fingerprint density at radius 3 is 2.65 bits per heavy atom. The maximum absolute atomic E-state index is 12.4. The van der Waals surface area contributed by atoms with Crippen molar-refractivity contribution in [2.45, 2.75) is 43.8 Å². The van der Waals surface area contributed by atoms with E-state index in [0.29, 0.717) is 26.3 Å². The third-order valence-electron chi connectivity index (χ3n) is 4.90. The average molecular weight is 469 g/mol. The summed E-state index contributed by atoms with van der Waals surface area (Å²) in [5.74, 6) is -2.76. The van der Waals surface area contributed by atoms with Crippen LogP contribution in [0, 0.1) is 0 Å². The van der Waals surface area contributed by atoms with E-state index in [0.717, 1.165) is 25.0 Å². The van der Waals surface area contributed by atoms with Gasteiger partial charge in [-0.2, -0.15) is 30.2 Å². The third kappa shape index (κ3) is 7.10. The number of hydrogen-bond donors (Lipinski definition) is 1. The van der Waals surface area contributed by atoms with Crippen LogP contribution in [0.5, 0.6) is 0 Å². The third-order valence-corrected chi connectivity index (χ3v) is 6.79. The van der Waals surface area contributed by atoms with E-state index in [2.05, 4.69) is 4.98 Å². The van der Waals surface area contributed by atoms with Crippen molar-refractivity contribution < 1.29 is 41.0 Å². The van der Waals surface area contributed by atoms with Gasteiger partial charge in [-0.15, -0.1) is 0 Å². The maximum atomic E-state index is 12.4. The van der Waals surface area contributed by atoms with Gasteiger partial charge in [0.15, 0.2) is 0 Å². The number of piperidine rings is 1. The summed E-state index contributed by atoms with van der Waals surface area (Å²) < 4.78 is 71.2. The summed E-state index contributed by atoms with van der Waals surface area (Å²) in [5, 5.41) is 7.12. The van der Waals surface area contributed by atoms with Crippen LogP contribution in [-0.4, -0.2) is 84.8 Å². The fourth-order valence-electron chi connectivity index (χ4n) is 3.37. The summed E-state index contributed by atoms with van der Waals surface area (Å²) in [7, 11) is -0.279. The van der Waals surface area contributed by atoms with Crippen molar-refractivity contribution in [2.75, 3.05) is 33.8 Å². The first-order chi connectivity index (χ1) is 14.4. The minimum absolute atomic E-state index is 0.0194. The van der Waals surface area contributed by atoms with Crippen LogP contribution in [0.3, 0.4) is 0 Å². The van der Waals surface area contributed by atoms with Gasteiger partial charge >= 0.3 is 12.1 Å². The lowest BCUT2D eigenvalue weighted by Crippen LogP contribution is -2.52. The molecule has 0 saturated carbocycles. The molecule has 2 saturated heterocycles. The van der Waals surface area contributed by atoms with Gasteiger partial charge in [0.05, 0.1) is 30.6 Å². The number of halogens is 3. The number of alkyl halides is 3. The van der Waals surface area contributed by atoms with E-state index in [1.807, 2.05) is 18.2 Å². The van der Waals surface area contributed by atoms with E-state index in [1.54, 1.807) is 20.3 Å². The van der Waals surface area contributed by atoms with Gasteiger partial charge in [0, 0.05) is 39.8 Å². The zero-order chi connectivity index (χ0) is 23.3. The number of rotatable bonds is 5. The highest BCUT2D eigenvalue weighted by Crippen LogP contribution is 2.37. The molecule has 3 heterocycles. The smallest absolute Gasteiger partial charge is 0.475 e. The predicted octanol–water partition coefficient (Wildman–Crippen LogP) is 1.66. The van der Waals surface area contributed by atoms with Crippen LogP contribution < -0.4 is 0 Å². The molecule has 2 atom stereocenters. The van der Waals surface area contributed by atoms with Crippen LogP contribution in [0.15, 0.2) is 24.4 Å². The number of hydrogen-bond acceptors (Lipinski definition) is 6. The van der Waals surface area contributed by atoms with Crippen molar-refractivity contribution in [1.82, 2.24) is 13.6 Å². The lowest BCUT2D eigenvalue weighted by Gasteiger charge is -2.39. The fourth-order valence-corrected chi connectivity index (χ4v) is 4.59. The molecular formula is C18H26F3N3O6S. The number of aliphatic carboxylic acids is 1. The first kappa shape index (κ1) is 25.5. The number of aromatic nitrogens is 1. The molecule has 2 fully saturated rings. The predicted molar refractivity (Wildman–Crippen MR) is 103 cm³/mol. The molecular weight excluding hydrogens is 443 g/mol. The molecule has 0 radical (unpaired) electrons. The lowest BCUT2D eigenvalue weighted by molar-refractivity contribution is -0.192. The first-order valence-corrected chi connectivity index (χ1v) is 10.9. The molecule has 1 aromatic heterocycles. The second kappa shape index (κ2) is 10.2. The number of carbonyl (C=O) groups is 1. The highest BCUT2D eigenvalue weighted by molar-refractivity contribution is 7.86. The molecule has 31 heavy (non-hydrogen) atoms. The first-order valence-electron chi connectivity index (χ1n) is 9.49. The van der Waals surface area contributed by atoms with Crippen molar-refractivity contribution in [1.29, 1.82) is 0 Å². The van der Waals surface area contributed by atoms with E-state index >= 15 is 0 Å². The van der Waals surface area contributed by atoms with Crippen LogP contribution in [0.4, 0.5) is 13.2 Å². The van der Waals surface area contributed by atoms with Crippen molar-refractivity contribution in [3.05, 3.63) is 30.1 Å². The number of ether oxygens (including phenoxy) is 2. The minimum Gasteiger partial charge on any atom is -0.475 e. The standard InChI is InChI=1S/C16H25N3O4S.C2HF3O2/c1-18(2)24(20,21)19-9-5-7-16(13-19)10-15(12-23-16)22-11-14-6-3-4-8-17-14;3-2(4,5)1(6)7/h3-4,6,8,15H,5,7,9-13H2,1-2H3;(H,6,7)/t15-,16+;/m1./s1. The average Bonchev–Trinajstić information content (AvgIpc) is 3.09. The molecule has 0 aliphatic carbocycles. The summed E-state index contributed by atoms with van der Waals surface area (Å²) in [5.41, 5.74) is 0.467. The Kier molecular flexibility index (Phi) is 8.39. The lowest BCUT2D eigenvalue weighted by atomic mass is 9.90. The van der Waals surface area contributed by atoms with E-state index < -0.39 is 28.0 Å². The van der Waals surface area contributed by atoms with Crippen molar-refractivity contribution in [3.8, 4) is 0 Å². The van der Waals surface area contributed by atoms with Gasteiger partial charge in [0.1, 0.15) is 0 Å². The number of pyridine rings is 1. The van der Waals surface area contributed by atoms with Crippen LogP contribution in [0.1, 0.15) is 25.0 Å². The minimum atomic E-state index is -5.08. The van der Waals surface area contributed by atoms with Crippen LogP contribution in [0.25, 0.3) is 0 Å². The molecule has 0 unspecified atom stereocenters. The second-order valence-corrected chi connectivity index (χ2v) is 9.62. The highest BCUT2D eigenvalue weighted by Gasteiger charge is 2.46. The zero-order valence-corrected chi connectivity index (χ0v) is 18.0. The van der Waals surface area contributed by atoms with E-state index in [1.165, 1.54) is 8.61 Å². The Bertz CT molecular complexity index is 838. The number of carboxylic acids is 1. The number of nitrogens with zero attached hydrogens (tertiary/aromatic N) is 3. The fraction of sp³-hybridized carbons (Fsp3) is 0.667. The van der Waals surface area contributed by atoms with Gasteiger partial charge in [-0.05, 0) is 25.0 Å². The summed E-state index contributed by atoms with van der Waals surface area (Å²) in [6.45, 7) is 1.90. The largest absolute Gasteiger partial charge is 0.490 e. The SMILES string of the molecule is CN(C)S(=O)(=O)N1CCC[C@]2(C[C@@H](OCc3ccccn3)CO2)C1.O=C(O)C(F)(F)F. The Hall–Kier alpha value is -1.80. The molecule has 13 heteroatoms. The van der Waals surface area contributed by atoms with Crippen LogP contribution in [0.2, 0.25) is 0 Å². The van der Waals surface area contributed by atoms with Gasteiger partial charge in [0.2, 0.25) is 0 Å². The van der Waals surface area contributed by atoms with Gasteiger partial charge in [-0.25, -0.2) is 4.79 Å². The zero-order valence-electron chi connectivity index (χ0n) is 17.2. The van der Waals surface area contributed by atoms with E-state index in [-0.39, 0.29) is 6.10 Å². The van der Waals surface area contributed by atoms with Crippen LogP contribution in [-0.2, 0) is 31.1 Å². The monoisotopic (exact) mass is 469 g/mol. The molecule has 1 aromatic rings. The summed E-state index contributed by atoms with van der Waals surface area (Å²) in [6.07, 6.45) is -0.958. The molecule has 0 aromatic carbocycles. The Balaban J connectivity index is 0.000000423. The van der Waals surface area contributed by atoms with Gasteiger partial charge < -0.3 is 14.6 Å². The van der Waals surface area contributed by atoms with Gasteiger partial charge in [0.25, 0.3) is 10.2 Å². The molecule has 2 aliphatic heterocycles. The Labute approximate surface area is 178 Å². The summed E-state index contributed by atoms with van der Waals surface area (Å²) in [6, 6.07) is 5.74. The summed E-state index contributed by atoms with van der Waals surface area (Å²) in [4.78, 5) is 13.1. The van der Waals surface area contributed by atoms with E-state index in [4.69, 9.17) is 19.4 Å². The second-order valence-electron chi connectivity index (χ2n) is 7.48. The Morgan fingerprint density at radius 2 is 2.10 bits per heavy atom. The molecule has 2 aliphatic rings. The molecule has 1 spiro atoms. The molecule has 176 valence electrons. The molecule has 1 N–H and O–H groups in total. The Morgan fingerprint density at radius 1 is 1.42 bits per heavy atom. The van der Waals surface area contributed by atoms with E-state index in [9.17, 15) is 21.6 Å². The molecule has 0 bridgehead atoms. The quantitative estimate of drug-likeness (QED) is 0.699. The molecule has 3 rings (SSSR count). The van der Waals surface area contributed by atoms with Crippen LogP contribution >= 0.6 is 0 Å².